The summed E-state index contributed by atoms with van der Waals surface area (Å²) >= 11 is 0. The molecule has 0 unspecified atom stereocenters. The molecule has 0 saturated carbocycles. The Balaban J connectivity index is 2.79. The van der Waals surface area contributed by atoms with Gasteiger partial charge in [0.15, 0.2) is 0 Å². The first kappa shape index (κ1) is 13.7. The Morgan fingerprint density at radius 1 is 0.800 bits per heavy atom. The van der Waals surface area contributed by atoms with Gasteiger partial charge in [0, 0.05) is 0 Å². The first-order valence-electron chi connectivity index (χ1n) is 5.64. The number of ether oxygens (including phenoxy) is 2. The van der Waals surface area contributed by atoms with Crippen LogP contribution in [-0.4, -0.2) is 36.4 Å². The second-order valence-electron chi connectivity index (χ2n) is 4.06. The van der Waals surface area contributed by atoms with Gasteiger partial charge in [-0.25, -0.2) is 9.59 Å². The standard InChI is InChI=1S/C14H12O6/c1-19-11-5-8-6-12(20-2)10(14(17)18)4-7(8)3-9(11)13(15)16/h3-6H,1-2H3,(H,15,16)(H,17,18). The van der Waals surface area contributed by atoms with Crippen molar-refractivity contribution in [2.24, 2.45) is 0 Å². The fraction of sp³-hybridized carbons (Fsp3) is 0.143. The second kappa shape index (κ2) is 5.08. The molecule has 0 spiro atoms. The number of carbonyl (C=O) groups is 2. The van der Waals surface area contributed by atoms with Crippen LogP contribution in [0, 0.1) is 0 Å². The van der Waals surface area contributed by atoms with Crippen LogP contribution >= 0.6 is 0 Å². The second-order valence-corrected chi connectivity index (χ2v) is 4.06. The number of hydrogen-bond acceptors (Lipinski definition) is 4. The van der Waals surface area contributed by atoms with E-state index < -0.39 is 11.9 Å². The molecule has 0 bridgehead atoms. The van der Waals surface area contributed by atoms with E-state index in [1.165, 1.54) is 38.5 Å². The molecule has 0 heterocycles. The van der Waals surface area contributed by atoms with E-state index in [9.17, 15) is 9.59 Å². The minimum absolute atomic E-state index is 0.0264. The quantitative estimate of drug-likeness (QED) is 0.889. The van der Waals surface area contributed by atoms with Gasteiger partial charge in [-0.1, -0.05) is 0 Å². The molecular weight excluding hydrogens is 264 g/mol. The molecule has 20 heavy (non-hydrogen) atoms. The van der Waals surface area contributed by atoms with Gasteiger partial charge in [-0.15, -0.1) is 0 Å². The summed E-state index contributed by atoms with van der Waals surface area (Å²) in [5.41, 5.74) is -0.0528. The van der Waals surface area contributed by atoms with Gasteiger partial charge in [0.25, 0.3) is 0 Å². The van der Waals surface area contributed by atoms with Crippen molar-refractivity contribution in [3.63, 3.8) is 0 Å². The molecule has 0 aliphatic carbocycles. The topological polar surface area (TPSA) is 93.1 Å². The summed E-state index contributed by atoms with van der Waals surface area (Å²) in [7, 11) is 2.74. The molecule has 0 atom stereocenters. The molecule has 0 amide bonds. The highest BCUT2D eigenvalue weighted by molar-refractivity contribution is 6.02. The molecule has 0 fully saturated rings. The number of hydrogen-bond donors (Lipinski definition) is 2. The van der Waals surface area contributed by atoms with Gasteiger partial charge in [-0.3, -0.25) is 0 Å². The highest BCUT2D eigenvalue weighted by atomic mass is 16.5. The smallest absolute Gasteiger partial charge is 0.339 e. The van der Waals surface area contributed by atoms with E-state index in [2.05, 4.69) is 0 Å². The summed E-state index contributed by atoms with van der Waals surface area (Å²) in [6, 6.07) is 5.82. The van der Waals surface area contributed by atoms with Crippen molar-refractivity contribution in [3.05, 3.63) is 35.4 Å². The highest BCUT2D eigenvalue weighted by Crippen LogP contribution is 2.31. The Labute approximate surface area is 114 Å². The van der Waals surface area contributed by atoms with Gasteiger partial charge >= 0.3 is 11.9 Å². The maximum absolute atomic E-state index is 11.1. The fourth-order valence-corrected chi connectivity index (χ4v) is 1.98. The number of carboxylic acid groups (broad SMARTS) is 2. The van der Waals surface area contributed by atoms with E-state index in [4.69, 9.17) is 19.7 Å². The number of benzene rings is 2. The molecule has 2 N–H and O–H groups in total. The van der Waals surface area contributed by atoms with Crippen LogP contribution in [0.2, 0.25) is 0 Å². The molecule has 0 radical (unpaired) electrons. The molecule has 2 aromatic carbocycles. The molecule has 0 saturated heterocycles. The molecular formula is C14H12O6. The Morgan fingerprint density at radius 2 is 1.15 bits per heavy atom. The SMILES string of the molecule is COc1cc2cc(OC)c(C(=O)O)cc2cc1C(=O)O. The van der Waals surface area contributed by atoms with E-state index in [1.54, 1.807) is 0 Å². The lowest BCUT2D eigenvalue weighted by molar-refractivity contribution is 0.0683. The van der Waals surface area contributed by atoms with Gasteiger partial charge < -0.3 is 19.7 Å². The van der Waals surface area contributed by atoms with Crippen LogP contribution in [0.4, 0.5) is 0 Å². The lowest BCUT2D eigenvalue weighted by Gasteiger charge is -2.10. The summed E-state index contributed by atoms with van der Waals surface area (Å²) in [5, 5.41) is 19.3. The van der Waals surface area contributed by atoms with Crippen LogP contribution in [0.5, 0.6) is 11.5 Å². The van der Waals surface area contributed by atoms with Crippen molar-refractivity contribution < 1.29 is 29.3 Å². The minimum Gasteiger partial charge on any atom is -0.496 e. The Bertz CT molecular complexity index is 648. The molecule has 6 heteroatoms. The zero-order chi connectivity index (χ0) is 14.9. The Morgan fingerprint density at radius 3 is 1.45 bits per heavy atom. The van der Waals surface area contributed by atoms with Crippen LogP contribution in [0.25, 0.3) is 10.8 Å². The Hall–Kier alpha value is -2.76. The summed E-state index contributed by atoms with van der Waals surface area (Å²) in [6.45, 7) is 0. The zero-order valence-corrected chi connectivity index (χ0v) is 10.8. The molecule has 2 rings (SSSR count). The molecule has 0 aromatic heterocycles. The summed E-state index contributed by atoms with van der Waals surface area (Å²) in [5.74, 6) is -1.88. The maximum atomic E-state index is 11.1. The third-order valence-electron chi connectivity index (χ3n) is 2.94. The summed E-state index contributed by atoms with van der Waals surface area (Å²) in [6.07, 6.45) is 0. The average Bonchev–Trinajstić information content (AvgIpc) is 2.43. The van der Waals surface area contributed by atoms with Gasteiger partial charge in [-0.05, 0) is 35.0 Å². The minimum atomic E-state index is -1.14. The van der Waals surface area contributed by atoms with Gasteiger partial charge in [0.05, 0.1) is 14.2 Å². The number of rotatable bonds is 4. The van der Waals surface area contributed by atoms with Crippen LogP contribution in [0.3, 0.4) is 0 Å². The van der Waals surface area contributed by atoms with E-state index >= 15 is 0 Å². The van der Waals surface area contributed by atoms with Gasteiger partial charge in [0.1, 0.15) is 22.6 Å². The van der Waals surface area contributed by atoms with E-state index in [0.717, 1.165) is 0 Å². The first-order valence-corrected chi connectivity index (χ1v) is 5.64. The highest BCUT2D eigenvalue weighted by Gasteiger charge is 2.16. The van der Waals surface area contributed by atoms with Crippen LogP contribution in [0.15, 0.2) is 24.3 Å². The summed E-state index contributed by atoms with van der Waals surface area (Å²) in [4.78, 5) is 22.3. The van der Waals surface area contributed by atoms with E-state index in [-0.39, 0.29) is 22.6 Å². The van der Waals surface area contributed by atoms with Crippen molar-refractivity contribution in [2.45, 2.75) is 0 Å². The van der Waals surface area contributed by atoms with Crippen molar-refractivity contribution in [1.82, 2.24) is 0 Å². The van der Waals surface area contributed by atoms with Crippen LogP contribution < -0.4 is 9.47 Å². The predicted molar refractivity (Wildman–Crippen MR) is 71.0 cm³/mol. The van der Waals surface area contributed by atoms with Crippen molar-refractivity contribution in [2.75, 3.05) is 14.2 Å². The monoisotopic (exact) mass is 276 g/mol. The first-order chi connectivity index (χ1) is 9.47. The van der Waals surface area contributed by atoms with E-state index in [0.29, 0.717) is 10.8 Å². The summed E-state index contributed by atoms with van der Waals surface area (Å²) < 4.78 is 10.1. The third-order valence-corrected chi connectivity index (χ3v) is 2.94. The number of carboxylic acids is 2. The number of methoxy groups -OCH3 is 2. The molecule has 0 aliphatic rings. The molecule has 2 aromatic rings. The molecule has 104 valence electrons. The molecule has 6 nitrogen and oxygen atoms in total. The van der Waals surface area contributed by atoms with E-state index in [1.807, 2.05) is 0 Å². The Kier molecular flexibility index (Phi) is 3.47. The van der Waals surface area contributed by atoms with Crippen molar-refractivity contribution in [3.8, 4) is 11.5 Å². The number of fused-ring (bicyclic) bond motifs is 1. The predicted octanol–water partition coefficient (Wildman–Crippen LogP) is 2.25. The average molecular weight is 276 g/mol. The number of aromatic carboxylic acids is 2. The molecule has 0 aliphatic heterocycles. The van der Waals surface area contributed by atoms with Crippen molar-refractivity contribution >= 4 is 22.7 Å². The van der Waals surface area contributed by atoms with Crippen LogP contribution in [0.1, 0.15) is 20.7 Å². The lowest BCUT2D eigenvalue weighted by atomic mass is 10.0. The lowest BCUT2D eigenvalue weighted by Crippen LogP contribution is -2.03. The zero-order valence-electron chi connectivity index (χ0n) is 10.8. The largest absolute Gasteiger partial charge is 0.496 e. The maximum Gasteiger partial charge on any atom is 0.339 e. The third kappa shape index (κ3) is 2.23. The van der Waals surface area contributed by atoms with Gasteiger partial charge in [-0.2, -0.15) is 0 Å². The van der Waals surface area contributed by atoms with Crippen LogP contribution in [-0.2, 0) is 0 Å². The normalized spacial score (nSPS) is 10.3. The fourth-order valence-electron chi connectivity index (χ4n) is 1.98. The van der Waals surface area contributed by atoms with Gasteiger partial charge in [0.2, 0.25) is 0 Å². The van der Waals surface area contributed by atoms with Crippen molar-refractivity contribution in [1.29, 1.82) is 0 Å².